The topological polar surface area (TPSA) is 69.3 Å². The van der Waals surface area contributed by atoms with Crippen LogP contribution in [0.1, 0.15) is 35.3 Å². The Hall–Kier alpha value is -3.71. The number of aromatic nitrogens is 4. The Balaban J connectivity index is 1.57. The second-order valence-electron chi connectivity index (χ2n) is 8.19. The van der Waals surface area contributed by atoms with E-state index in [1.807, 2.05) is 90.2 Å². The molecular formula is C27H24N4O2S. The van der Waals surface area contributed by atoms with Gasteiger partial charge in [0.25, 0.3) is 5.56 Å². The molecule has 7 heteroatoms. The number of rotatable bonds is 7. The lowest BCUT2D eigenvalue weighted by molar-refractivity contribution is 0.0994. The van der Waals surface area contributed by atoms with Gasteiger partial charge in [0.05, 0.1) is 22.7 Å². The zero-order chi connectivity index (χ0) is 23.7. The number of thioether (sulfide) groups is 1. The highest BCUT2D eigenvalue weighted by Crippen LogP contribution is 2.27. The molecule has 34 heavy (non-hydrogen) atoms. The van der Waals surface area contributed by atoms with Gasteiger partial charge >= 0.3 is 0 Å². The number of ketones is 1. The summed E-state index contributed by atoms with van der Waals surface area (Å²) >= 11 is 1.35. The summed E-state index contributed by atoms with van der Waals surface area (Å²) in [5, 5.41) is 9.57. The highest BCUT2D eigenvalue weighted by Gasteiger charge is 2.22. The summed E-state index contributed by atoms with van der Waals surface area (Å²) in [7, 11) is 0. The number of hydrogen-bond donors (Lipinski definition) is 0. The van der Waals surface area contributed by atoms with Crippen molar-refractivity contribution in [2.75, 3.05) is 0 Å². The summed E-state index contributed by atoms with van der Waals surface area (Å²) in [5.41, 5.74) is 3.49. The standard InChI is InChI=1S/C27H24N4O2S/c1-3-19-13-15-21(16-14-19)24(32)18(2)34-27-29-28-26-30(17-20-9-5-4-6-10-20)25(33)22-11-7-8-12-23(22)31(26)27/h4-16,18H,3,17H2,1-2H3. The van der Waals surface area contributed by atoms with E-state index in [0.29, 0.717) is 28.4 Å². The number of fused-ring (bicyclic) bond motifs is 3. The Morgan fingerprint density at radius 2 is 1.62 bits per heavy atom. The Kier molecular flexibility index (Phi) is 6.02. The van der Waals surface area contributed by atoms with Crippen molar-refractivity contribution in [1.82, 2.24) is 19.2 Å². The molecule has 3 aromatic carbocycles. The van der Waals surface area contributed by atoms with Gasteiger partial charge in [0.1, 0.15) is 0 Å². The molecule has 0 aliphatic heterocycles. The molecule has 2 aromatic heterocycles. The van der Waals surface area contributed by atoms with Crippen molar-refractivity contribution in [3.05, 3.63) is 106 Å². The van der Waals surface area contributed by atoms with E-state index >= 15 is 0 Å². The van der Waals surface area contributed by atoms with Gasteiger partial charge in [-0.1, -0.05) is 85.4 Å². The Bertz CT molecular complexity index is 1540. The second kappa shape index (κ2) is 9.27. The van der Waals surface area contributed by atoms with Gasteiger partial charge in [-0.15, -0.1) is 10.2 Å². The van der Waals surface area contributed by atoms with Crippen molar-refractivity contribution in [3.63, 3.8) is 0 Å². The number of carbonyl (C=O) groups is 1. The van der Waals surface area contributed by atoms with Gasteiger partial charge in [0, 0.05) is 5.56 Å². The summed E-state index contributed by atoms with van der Waals surface area (Å²) in [4.78, 5) is 26.4. The van der Waals surface area contributed by atoms with Crippen LogP contribution < -0.4 is 5.56 Å². The molecule has 0 radical (unpaired) electrons. The van der Waals surface area contributed by atoms with Crippen LogP contribution in [0, 0.1) is 0 Å². The number of nitrogens with zero attached hydrogens (tertiary/aromatic N) is 4. The molecule has 0 saturated carbocycles. The van der Waals surface area contributed by atoms with Gasteiger partial charge in [-0.3, -0.25) is 18.6 Å². The van der Waals surface area contributed by atoms with Crippen LogP contribution >= 0.6 is 11.8 Å². The summed E-state index contributed by atoms with van der Waals surface area (Å²) in [6.07, 6.45) is 0.933. The van der Waals surface area contributed by atoms with Gasteiger partial charge in [-0.2, -0.15) is 0 Å². The van der Waals surface area contributed by atoms with Crippen molar-refractivity contribution in [1.29, 1.82) is 0 Å². The third-order valence-corrected chi connectivity index (χ3v) is 7.00. The fourth-order valence-corrected chi connectivity index (χ4v) is 5.00. The van der Waals surface area contributed by atoms with Gasteiger partial charge in [-0.25, -0.2) is 0 Å². The lowest BCUT2D eigenvalue weighted by Gasteiger charge is -2.13. The maximum atomic E-state index is 13.3. The third-order valence-electron chi connectivity index (χ3n) is 5.96. The van der Waals surface area contributed by atoms with Crippen LogP contribution in [0.3, 0.4) is 0 Å². The monoisotopic (exact) mass is 468 g/mol. The molecule has 0 N–H and O–H groups in total. The maximum absolute atomic E-state index is 13.3. The predicted molar refractivity (Wildman–Crippen MR) is 136 cm³/mol. The Morgan fingerprint density at radius 1 is 0.912 bits per heavy atom. The minimum atomic E-state index is -0.367. The van der Waals surface area contributed by atoms with E-state index in [4.69, 9.17) is 0 Å². The average molecular weight is 469 g/mol. The molecule has 0 spiro atoms. The fraction of sp³-hybridized carbons (Fsp3) is 0.185. The first-order valence-corrected chi connectivity index (χ1v) is 12.1. The van der Waals surface area contributed by atoms with E-state index < -0.39 is 0 Å². The zero-order valence-electron chi connectivity index (χ0n) is 19.0. The first kappa shape index (κ1) is 22.1. The molecule has 0 aliphatic carbocycles. The molecule has 0 fully saturated rings. The average Bonchev–Trinajstić information content (AvgIpc) is 3.30. The lowest BCUT2D eigenvalue weighted by Crippen LogP contribution is -2.24. The Morgan fingerprint density at radius 3 is 2.35 bits per heavy atom. The summed E-state index contributed by atoms with van der Waals surface area (Å²) in [5.74, 6) is 0.494. The number of carbonyl (C=O) groups excluding carboxylic acids is 1. The van der Waals surface area contributed by atoms with Gasteiger partial charge in [-0.05, 0) is 36.6 Å². The molecule has 0 aliphatic rings. The molecule has 6 nitrogen and oxygen atoms in total. The van der Waals surface area contributed by atoms with Crippen molar-refractivity contribution in [3.8, 4) is 0 Å². The number of hydrogen-bond acceptors (Lipinski definition) is 5. The molecular weight excluding hydrogens is 444 g/mol. The van der Waals surface area contributed by atoms with Crippen LogP contribution in [0.5, 0.6) is 0 Å². The molecule has 0 amide bonds. The summed E-state index contributed by atoms with van der Waals surface area (Å²) < 4.78 is 3.53. The van der Waals surface area contributed by atoms with Crippen molar-refractivity contribution in [2.45, 2.75) is 37.2 Å². The number of Topliss-reactive ketones (excluding diaryl/α,β-unsaturated/α-hetero) is 1. The predicted octanol–water partition coefficient (Wildman–Crippen LogP) is 5.02. The highest BCUT2D eigenvalue weighted by molar-refractivity contribution is 8.00. The van der Waals surface area contributed by atoms with E-state index in [-0.39, 0.29) is 16.6 Å². The van der Waals surface area contributed by atoms with E-state index in [1.54, 1.807) is 4.57 Å². The van der Waals surface area contributed by atoms with E-state index in [1.165, 1.54) is 17.3 Å². The molecule has 0 bridgehead atoms. The molecule has 0 saturated heterocycles. The van der Waals surface area contributed by atoms with Crippen molar-refractivity contribution >= 4 is 34.2 Å². The van der Waals surface area contributed by atoms with Crippen molar-refractivity contribution < 1.29 is 4.79 Å². The van der Waals surface area contributed by atoms with Crippen LogP contribution in [-0.4, -0.2) is 30.2 Å². The molecule has 170 valence electrons. The Labute approximate surface area is 201 Å². The molecule has 2 heterocycles. The largest absolute Gasteiger partial charge is 0.293 e. The summed E-state index contributed by atoms with van der Waals surface area (Å²) in [6.45, 7) is 4.35. The first-order valence-electron chi connectivity index (χ1n) is 11.3. The van der Waals surface area contributed by atoms with E-state index in [2.05, 4.69) is 17.1 Å². The van der Waals surface area contributed by atoms with E-state index in [9.17, 15) is 9.59 Å². The van der Waals surface area contributed by atoms with Crippen LogP contribution in [-0.2, 0) is 13.0 Å². The van der Waals surface area contributed by atoms with Crippen LogP contribution in [0.2, 0.25) is 0 Å². The smallest absolute Gasteiger partial charge is 0.263 e. The maximum Gasteiger partial charge on any atom is 0.263 e. The lowest BCUT2D eigenvalue weighted by atomic mass is 10.1. The van der Waals surface area contributed by atoms with E-state index in [0.717, 1.165) is 17.5 Å². The summed E-state index contributed by atoms with van der Waals surface area (Å²) in [6, 6.07) is 25.0. The van der Waals surface area contributed by atoms with Crippen molar-refractivity contribution in [2.24, 2.45) is 0 Å². The molecule has 1 unspecified atom stereocenters. The van der Waals surface area contributed by atoms with Gasteiger partial charge in [0.15, 0.2) is 10.9 Å². The number of para-hydroxylation sites is 1. The quantitative estimate of drug-likeness (QED) is 0.248. The highest BCUT2D eigenvalue weighted by atomic mass is 32.2. The normalized spacial score (nSPS) is 12.3. The van der Waals surface area contributed by atoms with Gasteiger partial charge < -0.3 is 0 Å². The van der Waals surface area contributed by atoms with Gasteiger partial charge in [0.2, 0.25) is 5.78 Å². The molecule has 5 rings (SSSR count). The zero-order valence-corrected chi connectivity index (χ0v) is 19.8. The molecule has 1 atom stereocenters. The third kappa shape index (κ3) is 4.03. The molecule has 5 aromatic rings. The van der Waals surface area contributed by atoms with Crippen LogP contribution in [0.25, 0.3) is 16.7 Å². The SMILES string of the molecule is CCc1ccc(C(=O)C(C)Sc2nnc3n(Cc4ccccc4)c(=O)c4ccccc4n23)cc1. The fourth-order valence-electron chi connectivity index (χ4n) is 4.07. The second-order valence-corrected chi connectivity index (χ2v) is 9.49. The minimum Gasteiger partial charge on any atom is -0.293 e. The number of benzene rings is 3. The number of aryl methyl sites for hydroxylation is 1. The minimum absolute atomic E-state index is 0.0336. The van der Waals surface area contributed by atoms with Crippen LogP contribution in [0.15, 0.2) is 88.8 Å². The van der Waals surface area contributed by atoms with Crippen LogP contribution in [0.4, 0.5) is 0 Å². The first-order chi connectivity index (χ1) is 16.6.